The Hall–Kier alpha value is -1.79. The first-order valence-corrected chi connectivity index (χ1v) is 8.78. The normalized spacial score (nSPS) is 11.1. The van der Waals surface area contributed by atoms with Crippen LogP contribution in [0.4, 0.5) is 20.6 Å². The summed E-state index contributed by atoms with van der Waals surface area (Å²) < 4.78 is 20.1. The van der Waals surface area contributed by atoms with Crippen LogP contribution in [0.1, 0.15) is 26.3 Å². The standard InChI is InChI=1S/C18H19BrClFN2O2/c1-18(2,3)25-17(24)23-13-6-7-15(21)16(9-13)22-10-11-4-5-12(19)8-14(11)20/h4-9,22H,10H2,1-3H3,(H,23,24). The maximum atomic E-state index is 14.0. The summed E-state index contributed by atoms with van der Waals surface area (Å²) in [5.41, 5.74) is 0.908. The smallest absolute Gasteiger partial charge is 0.412 e. The molecule has 1 amide bonds. The third kappa shape index (κ3) is 6.21. The third-order valence-corrected chi connectivity index (χ3v) is 3.94. The molecule has 0 aliphatic heterocycles. The van der Waals surface area contributed by atoms with Gasteiger partial charge in [-0.25, -0.2) is 9.18 Å². The van der Waals surface area contributed by atoms with E-state index in [-0.39, 0.29) is 5.69 Å². The molecule has 0 unspecified atom stereocenters. The van der Waals surface area contributed by atoms with Gasteiger partial charge in [0, 0.05) is 21.7 Å². The van der Waals surface area contributed by atoms with Crippen LogP contribution in [0.15, 0.2) is 40.9 Å². The Labute approximate surface area is 159 Å². The molecule has 0 radical (unpaired) electrons. The van der Waals surface area contributed by atoms with Gasteiger partial charge in [0.1, 0.15) is 11.4 Å². The summed E-state index contributed by atoms with van der Waals surface area (Å²) in [6, 6.07) is 9.73. The highest BCUT2D eigenvalue weighted by Gasteiger charge is 2.16. The second-order valence-electron chi connectivity index (χ2n) is 6.41. The Morgan fingerprint density at radius 3 is 2.60 bits per heavy atom. The van der Waals surface area contributed by atoms with Gasteiger partial charge in [-0.3, -0.25) is 5.32 Å². The van der Waals surface area contributed by atoms with E-state index in [2.05, 4.69) is 26.6 Å². The molecule has 7 heteroatoms. The van der Waals surface area contributed by atoms with E-state index in [0.29, 0.717) is 17.3 Å². The Morgan fingerprint density at radius 2 is 1.96 bits per heavy atom. The van der Waals surface area contributed by atoms with Crippen molar-refractivity contribution in [1.29, 1.82) is 0 Å². The van der Waals surface area contributed by atoms with Crippen molar-refractivity contribution in [2.75, 3.05) is 10.6 Å². The summed E-state index contributed by atoms with van der Waals surface area (Å²) >= 11 is 9.50. The Morgan fingerprint density at radius 1 is 1.24 bits per heavy atom. The minimum absolute atomic E-state index is 0.257. The zero-order chi connectivity index (χ0) is 18.6. The minimum Gasteiger partial charge on any atom is -0.444 e. The first-order chi connectivity index (χ1) is 11.6. The van der Waals surface area contributed by atoms with Crippen molar-refractivity contribution in [1.82, 2.24) is 0 Å². The van der Waals surface area contributed by atoms with Gasteiger partial charge in [-0.2, -0.15) is 0 Å². The van der Waals surface area contributed by atoms with E-state index in [4.69, 9.17) is 16.3 Å². The number of ether oxygens (including phenoxy) is 1. The van der Waals surface area contributed by atoms with Crippen LogP contribution >= 0.6 is 27.5 Å². The number of benzene rings is 2. The van der Waals surface area contributed by atoms with Crippen molar-refractivity contribution in [2.24, 2.45) is 0 Å². The summed E-state index contributed by atoms with van der Waals surface area (Å²) in [5, 5.41) is 6.14. The third-order valence-electron chi connectivity index (χ3n) is 3.10. The maximum Gasteiger partial charge on any atom is 0.412 e. The molecule has 4 nitrogen and oxygen atoms in total. The second-order valence-corrected chi connectivity index (χ2v) is 7.73. The van der Waals surface area contributed by atoms with Gasteiger partial charge < -0.3 is 10.1 Å². The lowest BCUT2D eigenvalue weighted by Gasteiger charge is -2.20. The molecular weight excluding hydrogens is 411 g/mol. The van der Waals surface area contributed by atoms with Crippen LogP contribution in [0.2, 0.25) is 5.02 Å². The fraction of sp³-hybridized carbons (Fsp3) is 0.278. The van der Waals surface area contributed by atoms with Gasteiger partial charge in [0.25, 0.3) is 0 Å². The number of amides is 1. The molecule has 0 saturated heterocycles. The lowest BCUT2D eigenvalue weighted by Crippen LogP contribution is -2.27. The molecule has 0 bridgehead atoms. The van der Waals surface area contributed by atoms with Gasteiger partial charge in [0.2, 0.25) is 0 Å². The van der Waals surface area contributed by atoms with Crippen LogP contribution in [0, 0.1) is 5.82 Å². The average molecular weight is 430 g/mol. The molecule has 0 fully saturated rings. The van der Waals surface area contributed by atoms with Crippen LogP contribution in [-0.2, 0) is 11.3 Å². The van der Waals surface area contributed by atoms with E-state index in [1.54, 1.807) is 26.8 Å². The molecule has 0 atom stereocenters. The first kappa shape index (κ1) is 19.5. The van der Waals surface area contributed by atoms with Crippen molar-refractivity contribution < 1.29 is 13.9 Å². The Kier molecular flexibility index (Phi) is 6.30. The summed E-state index contributed by atoms with van der Waals surface area (Å²) in [6.07, 6.45) is -0.596. The molecule has 2 rings (SSSR count). The lowest BCUT2D eigenvalue weighted by molar-refractivity contribution is 0.0636. The molecule has 2 aromatic rings. The van der Waals surface area contributed by atoms with Crippen molar-refractivity contribution >= 4 is 45.0 Å². The van der Waals surface area contributed by atoms with Gasteiger partial charge in [-0.05, 0) is 56.7 Å². The molecule has 0 aliphatic rings. The SMILES string of the molecule is CC(C)(C)OC(=O)Nc1ccc(F)c(NCc2ccc(Br)cc2Cl)c1. The molecule has 2 N–H and O–H groups in total. The lowest BCUT2D eigenvalue weighted by atomic mass is 10.2. The van der Waals surface area contributed by atoms with E-state index < -0.39 is 17.5 Å². The highest BCUT2D eigenvalue weighted by Crippen LogP contribution is 2.24. The summed E-state index contributed by atoms with van der Waals surface area (Å²) in [6.45, 7) is 5.66. The zero-order valence-corrected chi connectivity index (χ0v) is 16.5. The van der Waals surface area contributed by atoms with E-state index >= 15 is 0 Å². The van der Waals surface area contributed by atoms with Crippen molar-refractivity contribution in [2.45, 2.75) is 32.9 Å². The van der Waals surface area contributed by atoms with Crippen LogP contribution < -0.4 is 10.6 Å². The summed E-state index contributed by atoms with van der Waals surface area (Å²) in [4.78, 5) is 11.8. The molecular formula is C18H19BrClFN2O2. The number of rotatable bonds is 4. The van der Waals surface area contributed by atoms with Gasteiger partial charge in [0.15, 0.2) is 0 Å². The predicted octanol–water partition coefficient (Wildman–Crippen LogP) is 6.20. The minimum atomic E-state index is -0.608. The van der Waals surface area contributed by atoms with E-state index in [9.17, 15) is 9.18 Å². The number of nitrogens with one attached hydrogen (secondary N) is 2. The quantitative estimate of drug-likeness (QED) is 0.608. The van der Waals surface area contributed by atoms with Crippen molar-refractivity contribution in [3.05, 3.63) is 57.3 Å². The van der Waals surface area contributed by atoms with Crippen LogP contribution in [0.3, 0.4) is 0 Å². The van der Waals surface area contributed by atoms with Crippen LogP contribution in [0.5, 0.6) is 0 Å². The number of hydrogen-bond donors (Lipinski definition) is 2. The fourth-order valence-corrected chi connectivity index (χ4v) is 2.76. The highest BCUT2D eigenvalue weighted by molar-refractivity contribution is 9.10. The van der Waals surface area contributed by atoms with Gasteiger partial charge in [-0.1, -0.05) is 33.6 Å². The molecule has 0 spiro atoms. The molecule has 0 saturated carbocycles. The number of hydrogen-bond acceptors (Lipinski definition) is 3. The maximum absolute atomic E-state index is 14.0. The number of carbonyl (C=O) groups is 1. The topological polar surface area (TPSA) is 50.4 Å². The molecule has 0 heterocycles. The van der Waals surface area contributed by atoms with Crippen molar-refractivity contribution in [3.8, 4) is 0 Å². The highest BCUT2D eigenvalue weighted by atomic mass is 79.9. The van der Waals surface area contributed by atoms with Gasteiger partial charge >= 0.3 is 6.09 Å². The molecule has 0 aromatic heterocycles. The molecule has 25 heavy (non-hydrogen) atoms. The molecule has 134 valence electrons. The Balaban J connectivity index is 2.07. The summed E-state index contributed by atoms with van der Waals surface area (Å²) in [7, 11) is 0. The molecule has 2 aromatic carbocycles. The van der Waals surface area contributed by atoms with Gasteiger partial charge in [-0.15, -0.1) is 0 Å². The number of anilines is 2. The Bertz CT molecular complexity index is 778. The van der Waals surface area contributed by atoms with Crippen LogP contribution in [-0.4, -0.2) is 11.7 Å². The van der Waals surface area contributed by atoms with E-state index in [0.717, 1.165) is 10.0 Å². The fourth-order valence-electron chi connectivity index (χ4n) is 2.02. The molecule has 0 aliphatic carbocycles. The summed E-state index contributed by atoms with van der Waals surface area (Å²) in [5.74, 6) is -0.428. The average Bonchev–Trinajstić information content (AvgIpc) is 2.47. The first-order valence-electron chi connectivity index (χ1n) is 7.61. The number of halogens is 3. The van der Waals surface area contributed by atoms with E-state index in [1.165, 1.54) is 18.2 Å². The zero-order valence-electron chi connectivity index (χ0n) is 14.1. The predicted molar refractivity (Wildman–Crippen MR) is 103 cm³/mol. The number of carbonyl (C=O) groups excluding carboxylic acids is 1. The van der Waals surface area contributed by atoms with Gasteiger partial charge in [0.05, 0.1) is 5.69 Å². The van der Waals surface area contributed by atoms with E-state index in [1.807, 2.05) is 12.1 Å². The monoisotopic (exact) mass is 428 g/mol. The van der Waals surface area contributed by atoms with Crippen molar-refractivity contribution in [3.63, 3.8) is 0 Å². The largest absolute Gasteiger partial charge is 0.444 e. The van der Waals surface area contributed by atoms with Crippen LogP contribution in [0.25, 0.3) is 0 Å². The second kappa shape index (κ2) is 8.06.